The number of benzene rings is 2. The maximum absolute atomic E-state index is 12.1. The summed E-state index contributed by atoms with van der Waals surface area (Å²) >= 11 is 0. The predicted molar refractivity (Wildman–Crippen MR) is 136 cm³/mol. The second-order valence-corrected chi connectivity index (χ2v) is 8.45. The molecule has 1 aromatic heterocycles. The summed E-state index contributed by atoms with van der Waals surface area (Å²) in [4.78, 5) is 38.4. The summed E-state index contributed by atoms with van der Waals surface area (Å²) in [6.07, 6.45) is 8.50. The number of amides is 2. The standard InChI is InChI=1S/C27H29N3O5/c1-28(2)25(31)12-7-18-6-11-22-20(10-13-26(32)29(3)4)16-30(23(22)14-18)17-21-9-8-19(27(33)34)15-24(21)35-5/h6-16H,17H2,1-5H3,(H,33,34). The van der Waals surface area contributed by atoms with Gasteiger partial charge in [-0.05, 0) is 35.9 Å². The summed E-state index contributed by atoms with van der Waals surface area (Å²) in [7, 11) is 8.27. The van der Waals surface area contributed by atoms with Crippen molar-refractivity contribution in [2.24, 2.45) is 0 Å². The van der Waals surface area contributed by atoms with Crippen LogP contribution in [0.15, 0.2) is 54.7 Å². The van der Waals surface area contributed by atoms with Crippen molar-refractivity contribution in [1.29, 1.82) is 0 Å². The molecule has 8 nitrogen and oxygen atoms in total. The molecule has 3 aromatic rings. The zero-order valence-electron chi connectivity index (χ0n) is 20.5. The van der Waals surface area contributed by atoms with Crippen molar-refractivity contribution >= 4 is 40.8 Å². The maximum atomic E-state index is 12.1. The predicted octanol–water partition coefficient (Wildman–Crippen LogP) is 3.60. The number of likely N-dealkylation sites (N-methyl/N-ethyl adjacent to an activating group) is 2. The number of ether oxygens (including phenoxy) is 1. The highest BCUT2D eigenvalue weighted by Gasteiger charge is 2.13. The van der Waals surface area contributed by atoms with Gasteiger partial charge in [-0.1, -0.05) is 18.2 Å². The van der Waals surface area contributed by atoms with Crippen LogP contribution >= 0.6 is 0 Å². The van der Waals surface area contributed by atoms with Crippen molar-refractivity contribution in [3.63, 3.8) is 0 Å². The molecule has 0 aliphatic rings. The number of nitrogens with zero attached hydrogens (tertiary/aromatic N) is 3. The Balaban J connectivity index is 2.09. The fourth-order valence-corrected chi connectivity index (χ4v) is 3.52. The van der Waals surface area contributed by atoms with Crippen molar-refractivity contribution in [3.05, 3.63) is 77.0 Å². The number of aromatic nitrogens is 1. The van der Waals surface area contributed by atoms with E-state index in [-0.39, 0.29) is 17.4 Å². The van der Waals surface area contributed by atoms with E-state index in [2.05, 4.69) is 0 Å². The SMILES string of the molecule is COc1cc(C(=O)O)ccc1Cn1cc(C=CC(=O)N(C)C)c2ccc(C=CC(=O)N(C)C)cc21. The van der Waals surface area contributed by atoms with Gasteiger partial charge in [-0.25, -0.2) is 4.79 Å². The number of carboxylic acid groups (broad SMARTS) is 1. The van der Waals surface area contributed by atoms with E-state index in [0.29, 0.717) is 12.3 Å². The lowest BCUT2D eigenvalue weighted by atomic mass is 10.1. The van der Waals surface area contributed by atoms with Crippen molar-refractivity contribution in [2.75, 3.05) is 35.3 Å². The second-order valence-electron chi connectivity index (χ2n) is 8.45. The monoisotopic (exact) mass is 475 g/mol. The van der Waals surface area contributed by atoms with E-state index < -0.39 is 5.97 Å². The fourth-order valence-electron chi connectivity index (χ4n) is 3.52. The van der Waals surface area contributed by atoms with E-state index in [9.17, 15) is 19.5 Å². The molecule has 2 amide bonds. The number of fused-ring (bicyclic) bond motifs is 1. The van der Waals surface area contributed by atoms with Crippen LogP contribution in [0.3, 0.4) is 0 Å². The Kier molecular flexibility index (Phi) is 7.76. The number of methoxy groups -OCH3 is 1. The van der Waals surface area contributed by atoms with Gasteiger partial charge in [0.05, 0.1) is 19.2 Å². The molecule has 35 heavy (non-hydrogen) atoms. The average molecular weight is 476 g/mol. The molecule has 1 N–H and O–H groups in total. The fraction of sp³-hybridized carbons (Fsp3) is 0.222. The number of carbonyl (C=O) groups is 3. The first kappa shape index (κ1) is 25.3. The Morgan fingerprint density at radius 2 is 1.60 bits per heavy atom. The Hall–Kier alpha value is -4.33. The maximum Gasteiger partial charge on any atom is 0.335 e. The first-order valence-corrected chi connectivity index (χ1v) is 10.9. The summed E-state index contributed by atoms with van der Waals surface area (Å²) in [5.41, 5.74) is 3.55. The molecule has 182 valence electrons. The van der Waals surface area contributed by atoms with Crippen LogP contribution in [0.25, 0.3) is 23.1 Å². The first-order valence-electron chi connectivity index (χ1n) is 10.9. The highest BCUT2D eigenvalue weighted by molar-refractivity contribution is 5.97. The van der Waals surface area contributed by atoms with Gasteiger partial charge < -0.3 is 24.2 Å². The molecular weight excluding hydrogens is 446 g/mol. The normalized spacial score (nSPS) is 11.3. The van der Waals surface area contributed by atoms with Gasteiger partial charge in [0.2, 0.25) is 11.8 Å². The number of carbonyl (C=O) groups excluding carboxylic acids is 2. The van der Waals surface area contributed by atoms with Gasteiger partial charge in [0.1, 0.15) is 5.75 Å². The van der Waals surface area contributed by atoms with E-state index in [0.717, 1.165) is 27.6 Å². The number of hydrogen-bond donors (Lipinski definition) is 1. The molecule has 0 unspecified atom stereocenters. The average Bonchev–Trinajstić information content (AvgIpc) is 3.17. The molecule has 0 spiro atoms. The molecule has 8 heteroatoms. The summed E-state index contributed by atoms with van der Waals surface area (Å²) in [5, 5.41) is 10.2. The Labute approximate surface area is 204 Å². The summed E-state index contributed by atoms with van der Waals surface area (Å²) in [5.74, 6) is -0.796. The lowest BCUT2D eigenvalue weighted by Gasteiger charge is -2.12. The lowest BCUT2D eigenvalue weighted by Crippen LogP contribution is -2.18. The van der Waals surface area contributed by atoms with Gasteiger partial charge in [-0.15, -0.1) is 0 Å². The quantitative estimate of drug-likeness (QED) is 0.503. The minimum Gasteiger partial charge on any atom is -0.496 e. The molecule has 0 aliphatic carbocycles. The van der Waals surface area contributed by atoms with Crippen molar-refractivity contribution in [1.82, 2.24) is 14.4 Å². The van der Waals surface area contributed by atoms with Crippen molar-refractivity contribution < 1.29 is 24.2 Å². The number of hydrogen-bond acceptors (Lipinski definition) is 4. The van der Waals surface area contributed by atoms with Crippen LogP contribution in [0.5, 0.6) is 5.75 Å². The molecule has 0 atom stereocenters. The second kappa shape index (κ2) is 10.7. The van der Waals surface area contributed by atoms with Gasteiger partial charge in [0.25, 0.3) is 0 Å². The van der Waals surface area contributed by atoms with Crippen LogP contribution in [0.2, 0.25) is 0 Å². The molecule has 0 aliphatic heterocycles. The van der Waals surface area contributed by atoms with Crippen molar-refractivity contribution in [3.8, 4) is 5.75 Å². The number of aromatic carboxylic acids is 1. The zero-order chi connectivity index (χ0) is 25.7. The number of carboxylic acids is 1. The highest BCUT2D eigenvalue weighted by Crippen LogP contribution is 2.28. The highest BCUT2D eigenvalue weighted by atomic mass is 16.5. The van der Waals surface area contributed by atoms with E-state index in [1.54, 1.807) is 52.5 Å². The molecule has 0 saturated carbocycles. The molecule has 0 radical (unpaired) electrons. The van der Waals surface area contributed by atoms with Crippen LogP contribution in [0, 0.1) is 0 Å². The Morgan fingerprint density at radius 3 is 2.20 bits per heavy atom. The van der Waals surface area contributed by atoms with Crippen molar-refractivity contribution in [2.45, 2.75) is 6.54 Å². The topological polar surface area (TPSA) is 92.1 Å². The summed E-state index contributed by atoms with van der Waals surface area (Å²) in [6.45, 7) is 0.416. The van der Waals surface area contributed by atoms with Crippen LogP contribution in [-0.2, 0) is 16.1 Å². The van der Waals surface area contributed by atoms with Gasteiger partial charge >= 0.3 is 5.97 Å². The van der Waals surface area contributed by atoms with Gasteiger partial charge in [-0.3, -0.25) is 9.59 Å². The molecule has 0 fully saturated rings. The summed E-state index contributed by atoms with van der Waals surface area (Å²) in [6, 6.07) is 10.6. The van der Waals surface area contributed by atoms with Crippen LogP contribution in [0.4, 0.5) is 0 Å². The van der Waals surface area contributed by atoms with E-state index in [1.807, 2.05) is 29.0 Å². The van der Waals surface area contributed by atoms with E-state index in [1.165, 1.54) is 35.1 Å². The molecular formula is C27H29N3O5. The molecule has 0 bridgehead atoms. The minimum absolute atomic E-state index is 0.116. The largest absolute Gasteiger partial charge is 0.496 e. The van der Waals surface area contributed by atoms with E-state index >= 15 is 0 Å². The van der Waals surface area contributed by atoms with Gasteiger partial charge in [0.15, 0.2) is 0 Å². The molecule has 0 saturated heterocycles. The van der Waals surface area contributed by atoms with Gasteiger partial charge in [-0.2, -0.15) is 0 Å². The Morgan fingerprint density at radius 1 is 0.943 bits per heavy atom. The summed E-state index contributed by atoms with van der Waals surface area (Å²) < 4.78 is 7.46. The number of rotatable bonds is 8. The van der Waals surface area contributed by atoms with E-state index in [4.69, 9.17) is 4.74 Å². The molecule has 3 rings (SSSR count). The lowest BCUT2D eigenvalue weighted by molar-refractivity contribution is -0.124. The van der Waals surface area contributed by atoms with Crippen LogP contribution in [0.1, 0.15) is 27.0 Å². The smallest absolute Gasteiger partial charge is 0.335 e. The van der Waals surface area contributed by atoms with Gasteiger partial charge in [0, 0.05) is 68.6 Å². The minimum atomic E-state index is -1.03. The third kappa shape index (κ3) is 5.97. The third-order valence-corrected chi connectivity index (χ3v) is 5.52. The Bertz CT molecular complexity index is 1330. The third-order valence-electron chi connectivity index (χ3n) is 5.52. The zero-order valence-corrected chi connectivity index (χ0v) is 20.5. The molecule has 2 aromatic carbocycles. The van der Waals surface area contributed by atoms with Crippen LogP contribution in [-0.4, -0.2) is 72.6 Å². The first-order chi connectivity index (χ1) is 16.6. The molecule has 1 heterocycles. The van der Waals surface area contributed by atoms with Crippen LogP contribution < -0.4 is 4.74 Å².